The molecule has 0 aliphatic rings. The van der Waals surface area contributed by atoms with Gasteiger partial charge in [0.1, 0.15) is 0 Å². The summed E-state index contributed by atoms with van der Waals surface area (Å²) in [6, 6.07) is 13.4. The molecule has 22 heavy (non-hydrogen) atoms. The lowest BCUT2D eigenvalue weighted by molar-refractivity contribution is -0.118. The summed E-state index contributed by atoms with van der Waals surface area (Å²) >= 11 is 1.59. The zero-order chi connectivity index (χ0) is 15.8. The molecule has 1 aromatic heterocycles. The largest absolute Gasteiger partial charge is 0.370 e. The first-order valence-electron chi connectivity index (χ1n) is 7.02. The van der Waals surface area contributed by atoms with Gasteiger partial charge in [0.15, 0.2) is 0 Å². The van der Waals surface area contributed by atoms with Crippen LogP contribution in [0.25, 0.3) is 0 Å². The second kappa shape index (κ2) is 8.19. The number of nitrogens with two attached hydrogens (primary N) is 1. The Labute approximate surface area is 133 Å². The third-order valence-corrected chi connectivity index (χ3v) is 4.00. The molecule has 0 fully saturated rings. The van der Waals surface area contributed by atoms with Crippen LogP contribution in [0.4, 0.5) is 4.79 Å². The van der Waals surface area contributed by atoms with Crippen LogP contribution < -0.4 is 11.1 Å². The fourth-order valence-electron chi connectivity index (χ4n) is 1.99. The molecule has 0 saturated heterocycles. The highest BCUT2D eigenvalue weighted by Crippen LogP contribution is 2.09. The van der Waals surface area contributed by atoms with Crippen molar-refractivity contribution in [2.24, 2.45) is 5.73 Å². The Morgan fingerprint density at radius 2 is 1.91 bits per heavy atom. The minimum absolute atomic E-state index is 0.152. The number of nitrogens with zero attached hydrogens (tertiary/aromatic N) is 1. The van der Waals surface area contributed by atoms with Crippen molar-refractivity contribution in [3.05, 3.63) is 58.3 Å². The minimum Gasteiger partial charge on any atom is -0.370 e. The number of nitrogens with one attached hydrogen (secondary N) is 1. The van der Waals surface area contributed by atoms with Gasteiger partial charge in [0.05, 0.1) is 6.54 Å². The molecule has 0 unspecified atom stereocenters. The average molecular weight is 317 g/mol. The lowest BCUT2D eigenvalue weighted by atomic mass is 10.2. The van der Waals surface area contributed by atoms with Crippen LogP contribution in [-0.4, -0.2) is 23.4 Å². The molecule has 0 saturated carbocycles. The van der Waals surface area contributed by atoms with Crippen molar-refractivity contribution >= 4 is 23.3 Å². The van der Waals surface area contributed by atoms with Crippen LogP contribution in [0.1, 0.15) is 16.9 Å². The second-order valence-electron chi connectivity index (χ2n) is 4.86. The van der Waals surface area contributed by atoms with Crippen molar-refractivity contribution in [2.45, 2.75) is 19.5 Å². The molecule has 2 aromatic rings. The molecule has 0 spiro atoms. The van der Waals surface area contributed by atoms with Crippen molar-refractivity contribution in [1.82, 2.24) is 10.2 Å². The number of urea groups is 1. The molecule has 6 heteroatoms. The van der Waals surface area contributed by atoms with E-state index in [0.717, 1.165) is 10.4 Å². The number of primary amides is 1. The summed E-state index contributed by atoms with van der Waals surface area (Å²) in [5.41, 5.74) is 6.20. The molecular formula is C16H19N3O2S. The monoisotopic (exact) mass is 317 g/mol. The molecule has 1 heterocycles. The molecule has 116 valence electrons. The molecular weight excluding hydrogens is 298 g/mol. The predicted molar refractivity (Wildman–Crippen MR) is 87.2 cm³/mol. The van der Waals surface area contributed by atoms with Crippen LogP contribution in [0.2, 0.25) is 0 Å². The molecule has 0 aliphatic heterocycles. The van der Waals surface area contributed by atoms with E-state index < -0.39 is 5.91 Å². The van der Waals surface area contributed by atoms with Crippen molar-refractivity contribution in [3.63, 3.8) is 0 Å². The van der Waals surface area contributed by atoms with Crippen molar-refractivity contribution < 1.29 is 9.59 Å². The molecule has 0 aliphatic carbocycles. The van der Waals surface area contributed by atoms with Gasteiger partial charge < -0.3 is 16.0 Å². The van der Waals surface area contributed by atoms with Gasteiger partial charge in [-0.3, -0.25) is 4.79 Å². The number of hydrogen-bond acceptors (Lipinski definition) is 3. The van der Waals surface area contributed by atoms with E-state index in [-0.39, 0.29) is 12.5 Å². The fraction of sp³-hybridized carbons (Fsp3) is 0.250. The Kier molecular flexibility index (Phi) is 5.97. The van der Waals surface area contributed by atoms with Crippen LogP contribution in [0.5, 0.6) is 0 Å². The Bertz CT molecular complexity index is 599. The molecule has 0 radical (unpaired) electrons. The van der Waals surface area contributed by atoms with Gasteiger partial charge >= 0.3 is 6.03 Å². The lowest BCUT2D eigenvalue weighted by Gasteiger charge is -2.22. The van der Waals surface area contributed by atoms with Gasteiger partial charge in [0, 0.05) is 24.4 Å². The lowest BCUT2D eigenvalue weighted by Crippen LogP contribution is -2.40. The normalized spacial score (nSPS) is 10.2. The smallest absolute Gasteiger partial charge is 0.318 e. The summed E-state index contributed by atoms with van der Waals surface area (Å²) in [5.74, 6) is -0.413. The summed E-state index contributed by atoms with van der Waals surface area (Å²) in [4.78, 5) is 26.0. The number of benzene rings is 1. The summed E-state index contributed by atoms with van der Waals surface area (Å²) in [6.45, 7) is 1.24. The number of thiophene rings is 1. The molecule has 0 atom stereocenters. The van der Waals surface area contributed by atoms with Gasteiger partial charge in [-0.15, -0.1) is 11.3 Å². The van der Waals surface area contributed by atoms with Crippen LogP contribution in [-0.2, 0) is 17.9 Å². The minimum atomic E-state index is -0.413. The Balaban J connectivity index is 1.95. The Morgan fingerprint density at radius 1 is 1.14 bits per heavy atom. The first-order valence-corrected chi connectivity index (χ1v) is 7.90. The SMILES string of the molecule is NC(=O)CCN(Cc1ccccc1)C(=O)NCc1cccs1. The molecule has 3 amide bonds. The Hall–Kier alpha value is -2.34. The van der Waals surface area contributed by atoms with Crippen LogP contribution in [0.15, 0.2) is 47.8 Å². The van der Waals surface area contributed by atoms with Crippen LogP contribution >= 0.6 is 11.3 Å². The zero-order valence-electron chi connectivity index (χ0n) is 12.2. The van der Waals surface area contributed by atoms with Gasteiger partial charge in [-0.25, -0.2) is 4.79 Å². The highest BCUT2D eigenvalue weighted by Gasteiger charge is 2.14. The summed E-state index contributed by atoms with van der Waals surface area (Å²) in [5, 5.41) is 4.84. The maximum Gasteiger partial charge on any atom is 0.318 e. The molecule has 3 N–H and O–H groups in total. The van der Waals surface area contributed by atoms with Gasteiger partial charge in [-0.05, 0) is 17.0 Å². The number of carbonyl (C=O) groups excluding carboxylic acids is 2. The van der Waals surface area contributed by atoms with E-state index in [2.05, 4.69) is 5.32 Å². The van der Waals surface area contributed by atoms with E-state index in [0.29, 0.717) is 19.6 Å². The van der Waals surface area contributed by atoms with E-state index in [4.69, 9.17) is 5.73 Å². The third kappa shape index (κ3) is 5.21. The first-order chi connectivity index (χ1) is 10.6. The highest BCUT2D eigenvalue weighted by molar-refractivity contribution is 7.09. The average Bonchev–Trinajstić information content (AvgIpc) is 3.03. The number of rotatable bonds is 7. The predicted octanol–water partition coefficient (Wildman–Crippen LogP) is 2.34. The van der Waals surface area contributed by atoms with Gasteiger partial charge in [-0.1, -0.05) is 36.4 Å². The summed E-state index contributed by atoms with van der Waals surface area (Å²) in [7, 11) is 0. The van der Waals surface area contributed by atoms with E-state index >= 15 is 0 Å². The molecule has 5 nitrogen and oxygen atoms in total. The highest BCUT2D eigenvalue weighted by atomic mass is 32.1. The topological polar surface area (TPSA) is 75.4 Å². The van der Waals surface area contributed by atoms with E-state index in [1.54, 1.807) is 16.2 Å². The Morgan fingerprint density at radius 3 is 2.55 bits per heavy atom. The number of hydrogen-bond donors (Lipinski definition) is 2. The fourth-order valence-corrected chi connectivity index (χ4v) is 2.63. The first kappa shape index (κ1) is 16.0. The van der Waals surface area contributed by atoms with Crippen molar-refractivity contribution in [3.8, 4) is 0 Å². The van der Waals surface area contributed by atoms with Crippen LogP contribution in [0, 0.1) is 0 Å². The zero-order valence-corrected chi connectivity index (χ0v) is 13.0. The number of carbonyl (C=O) groups is 2. The molecule has 0 bridgehead atoms. The van der Waals surface area contributed by atoms with E-state index in [9.17, 15) is 9.59 Å². The number of amides is 3. The maximum atomic E-state index is 12.3. The second-order valence-corrected chi connectivity index (χ2v) is 5.89. The molecule has 1 aromatic carbocycles. The van der Waals surface area contributed by atoms with Gasteiger partial charge in [0.25, 0.3) is 0 Å². The van der Waals surface area contributed by atoms with Crippen molar-refractivity contribution in [1.29, 1.82) is 0 Å². The third-order valence-electron chi connectivity index (χ3n) is 3.13. The maximum absolute atomic E-state index is 12.3. The summed E-state index contributed by atoms with van der Waals surface area (Å²) < 4.78 is 0. The molecule has 2 rings (SSSR count). The van der Waals surface area contributed by atoms with E-state index in [1.807, 2.05) is 47.8 Å². The van der Waals surface area contributed by atoms with Gasteiger partial charge in [0.2, 0.25) is 5.91 Å². The van der Waals surface area contributed by atoms with E-state index in [1.165, 1.54) is 0 Å². The van der Waals surface area contributed by atoms with Gasteiger partial charge in [-0.2, -0.15) is 0 Å². The standard InChI is InChI=1S/C16H19N3O2S/c17-15(20)8-9-19(12-13-5-2-1-3-6-13)16(21)18-11-14-7-4-10-22-14/h1-7,10H,8-9,11-12H2,(H2,17,20)(H,18,21). The van der Waals surface area contributed by atoms with Crippen molar-refractivity contribution in [2.75, 3.05) is 6.54 Å². The van der Waals surface area contributed by atoms with Crippen LogP contribution in [0.3, 0.4) is 0 Å². The summed E-state index contributed by atoms with van der Waals surface area (Å²) in [6.07, 6.45) is 0.152. The quantitative estimate of drug-likeness (QED) is 0.822.